The zero-order valence-corrected chi connectivity index (χ0v) is 16.9. The van der Waals surface area contributed by atoms with E-state index >= 15 is 0 Å². The fourth-order valence-electron chi connectivity index (χ4n) is 4.45. The van der Waals surface area contributed by atoms with Gasteiger partial charge in [0.2, 0.25) is 0 Å². The van der Waals surface area contributed by atoms with Crippen LogP contribution in [0.5, 0.6) is 0 Å². The van der Waals surface area contributed by atoms with Gasteiger partial charge in [0.05, 0.1) is 23.5 Å². The Balaban J connectivity index is 1.34. The van der Waals surface area contributed by atoms with Gasteiger partial charge in [-0.25, -0.2) is 8.78 Å². The van der Waals surface area contributed by atoms with Gasteiger partial charge >= 0.3 is 0 Å². The zero-order valence-electron chi connectivity index (χ0n) is 16.9. The van der Waals surface area contributed by atoms with E-state index in [2.05, 4.69) is 21.4 Å². The first kappa shape index (κ1) is 19.4. The number of halogens is 2. The molecule has 4 aromatic rings. The molecular weight excluding hydrogens is 400 g/mol. The number of benzene rings is 2. The number of likely N-dealkylation sites (tertiary alicyclic amines) is 1. The van der Waals surface area contributed by atoms with Gasteiger partial charge in [-0.1, -0.05) is 12.1 Å². The average Bonchev–Trinajstić information content (AvgIpc) is 3.50. The van der Waals surface area contributed by atoms with E-state index < -0.39 is 17.5 Å². The number of nitrogens with zero attached hydrogens (tertiary/aromatic N) is 4. The third-order valence-corrected chi connectivity index (χ3v) is 6.01. The van der Waals surface area contributed by atoms with Crippen LogP contribution in [0.1, 0.15) is 23.7 Å². The number of carbonyl (C=O) groups is 1. The predicted octanol–water partition coefficient (Wildman–Crippen LogP) is 4.26. The lowest BCUT2D eigenvalue weighted by Gasteiger charge is -2.22. The Morgan fingerprint density at radius 3 is 2.87 bits per heavy atom. The molecule has 1 fully saturated rings. The van der Waals surface area contributed by atoms with Gasteiger partial charge in [-0.05, 0) is 49.1 Å². The summed E-state index contributed by atoms with van der Waals surface area (Å²) in [5, 5.41) is 12.4. The quantitative estimate of drug-likeness (QED) is 0.536. The molecule has 0 saturated carbocycles. The van der Waals surface area contributed by atoms with Crippen LogP contribution in [0.25, 0.3) is 22.0 Å². The molecule has 1 aliphatic heterocycles. The second kappa shape index (κ2) is 7.61. The first-order valence-corrected chi connectivity index (χ1v) is 10.2. The van der Waals surface area contributed by atoms with Crippen LogP contribution in [-0.2, 0) is 6.54 Å². The van der Waals surface area contributed by atoms with Gasteiger partial charge in [-0.2, -0.15) is 10.2 Å². The molecule has 0 unspecified atom stereocenters. The van der Waals surface area contributed by atoms with E-state index in [1.165, 1.54) is 12.1 Å². The molecule has 0 radical (unpaired) electrons. The fourth-order valence-corrected chi connectivity index (χ4v) is 4.45. The van der Waals surface area contributed by atoms with Gasteiger partial charge in [0.1, 0.15) is 0 Å². The van der Waals surface area contributed by atoms with Crippen molar-refractivity contribution in [3.63, 3.8) is 0 Å². The van der Waals surface area contributed by atoms with Crippen LogP contribution in [0.4, 0.5) is 8.78 Å². The lowest BCUT2D eigenvalue weighted by Crippen LogP contribution is -2.35. The molecule has 31 heavy (non-hydrogen) atoms. The summed E-state index contributed by atoms with van der Waals surface area (Å²) in [5.74, 6) is -2.39. The smallest absolute Gasteiger partial charge is 0.257 e. The van der Waals surface area contributed by atoms with Crippen LogP contribution in [0.15, 0.2) is 55.0 Å². The Morgan fingerprint density at radius 1 is 1.19 bits per heavy atom. The van der Waals surface area contributed by atoms with Crippen molar-refractivity contribution in [3.05, 3.63) is 72.2 Å². The van der Waals surface area contributed by atoms with E-state index in [9.17, 15) is 13.6 Å². The van der Waals surface area contributed by atoms with Crippen LogP contribution < -0.4 is 0 Å². The summed E-state index contributed by atoms with van der Waals surface area (Å²) in [6.07, 6.45) is 6.23. The molecule has 6 nitrogen and oxygen atoms in total. The molecule has 0 bridgehead atoms. The van der Waals surface area contributed by atoms with E-state index in [-0.39, 0.29) is 17.5 Å². The molecular formula is C23H21F2N5O. The number of nitrogens with one attached hydrogen (secondary N) is 1. The summed E-state index contributed by atoms with van der Waals surface area (Å²) in [7, 11) is 0. The number of aromatic nitrogens is 4. The zero-order chi connectivity index (χ0) is 21.5. The lowest BCUT2D eigenvalue weighted by atomic mass is 10.1. The molecule has 1 aliphatic rings. The summed E-state index contributed by atoms with van der Waals surface area (Å²) in [6, 6.07) is 9.79. The summed E-state index contributed by atoms with van der Waals surface area (Å²) < 4.78 is 29.6. The molecule has 2 aromatic carbocycles. The highest BCUT2D eigenvalue weighted by Gasteiger charge is 2.34. The largest absolute Gasteiger partial charge is 0.335 e. The van der Waals surface area contributed by atoms with Crippen molar-refractivity contribution >= 4 is 16.8 Å². The van der Waals surface area contributed by atoms with Gasteiger partial charge in [0, 0.05) is 36.3 Å². The molecule has 5 rings (SSSR count). The van der Waals surface area contributed by atoms with Crippen LogP contribution in [-0.4, -0.2) is 43.4 Å². The molecule has 8 heteroatoms. The van der Waals surface area contributed by atoms with Gasteiger partial charge in [-0.15, -0.1) is 0 Å². The number of hydrogen-bond acceptors (Lipinski definition) is 3. The maximum Gasteiger partial charge on any atom is 0.257 e. The van der Waals surface area contributed by atoms with Crippen molar-refractivity contribution in [1.82, 2.24) is 24.9 Å². The second-order valence-electron chi connectivity index (χ2n) is 8.10. The molecule has 158 valence electrons. The van der Waals surface area contributed by atoms with Crippen LogP contribution in [0, 0.1) is 17.6 Å². The van der Waals surface area contributed by atoms with Gasteiger partial charge in [0.25, 0.3) is 5.91 Å². The van der Waals surface area contributed by atoms with Crippen LogP contribution in [0.3, 0.4) is 0 Å². The fraction of sp³-hybridized carbons (Fsp3) is 0.261. The summed E-state index contributed by atoms with van der Waals surface area (Å²) >= 11 is 0. The number of aromatic amines is 1. The Labute approximate surface area is 177 Å². The molecule has 1 N–H and O–H groups in total. The summed E-state index contributed by atoms with van der Waals surface area (Å²) in [4.78, 5) is 14.5. The molecule has 2 atom stereocenters. The van der Waals surface area contributed by atoms with Crippen molar-refractivity contribution in [2.24, 2.45) is 5.92 Å². The molecule has 2 aromatic heterocycles. The van der Waals surface area contributed by atoms with Crippen molar-refractivity contribution in [3.8, 4) is 11.1 Å². The van der Waals surface area contributed by atoms with Crippen LogP contribution >= 0.6 is 0 Å². The van der Waals surface area contributed by atoms with E-state index in [1.54, 1.807) is 11.1 Å². The van der Waals surface area contributed by atoms with Crippen molar-refractivity contribution in [2.75, 3.05) is 6.54 Å². The summed E-state index contributed by atoms with van der Waals surface area (Å²) in [5.41, 5.74) is 2.87. The Morgan fingerprint density at radius 2 is 2.06 bits per heavy atom. The molecule has 0 aliphatic carbocycles. The standard InChI is InChI=1S/C23H21F2N5O/c1-14-7-15(12-29(14)23(31)19-3-2-4-20(24)22(19)25)13-30-21-6-5-16(8-17(21)11-28-30)18-9-26-27-10-18/h2-6,8-11,14-15H,7,12-13H2,1H3,(H,26,27)/t14-,15-/m1/s1. The third-order valence-electron chi connectivity index (χ3n) is 6.01. The minimum Gasteiger partial charge on any atom is -0.335 e. The third kappa shape index (κ3) is 3.48. The predicted molar refractivity (Wildman–Crippen MR) is 112 cm³/mol. The highest BCUT2D eigenvalue weighted by atomic mass is 19.2. The van der Waals surface area contributed by atoms with E-state index in [0.717, 1.165) is 34.5 Å². The number of fused-ring (bicyclic) bond motifs is 1. The minimum absolute atomic E-state index is 0.0605. The van der Waals surface area contributed by atoms with Crippen LogP contribution in [0.2, 0.25) is 0 Å². The number of carbonyl (C=O) groups excluding carboxylic acids is 1. The first-order valence-electron chi connectivity index (χ1n) is 10.2. The maximum atomic E-state index is 14.1. The van der Waals surface area contributed by atoms with Crippen molar-refractivity contribution in [1.29, 1.82) is 0 Å². The SMILES string of the molecule is C[C@@H]1C[C@@H](Cn2ncc3cc(-c4cn[nH]c4)ccc32)CN1C(=O)c1cccc(F)c1F. The Kier molecular flexibility index (Phi) is 4.77. The normalized spacial score (nSPS) is 18.7. The summed E-state index contributed by atoms with van der Waals surface area (Å²) in [6.45, 7) is 3.06. The molecule has 1 saturated heterocycles. The van der Waals surface area contributed by atoms with Crippen molar-refractivity contribution in [2.45, 2.75) is 25.9 Å². The van der Waals surface area contributed by atoms with Gasteiger partial charge in [0.15, 0.2) is 11.6 Å². The molecule has 3 heterocycles. The monoisotopic (exact) mass is 421 g/mol. The van der Waals surface area contributed by atoms with E-state index in [4.69, 9.17) is 0 Å². The maximum absolute atomic E-state index is 14.1. The molecule has 0 spiro atoms. The Hall–Kier alpha value is -3.55. The number of rotatable bonds is 4. The van der Waals surface area contributed by atoms with Gasteiger partial charge < -0.3 is 4.90 Å². The number of amides is 1. The highest BCUT2D eigenvalue weighted by Crippen LogP contribution is 2.29. The number of H-pyrrole nitrogens is 1. The highest BCUT2D eigenvalue weighted by molar-refractivity contribution is 5.95. The minimum atomic E-state index is -1.09. The second-order valence-corrected chi connectivity index (χ2v) is 8.10. The lowest BCUT2D eigenvalue weighted by molar-refractivity contribution is 0.0736. The van der Waals surface area contributed by atoms with Gasteiger partial charge in [-0.3, -0.25) is 14.6 Å². The van der Waals surface area contributed by atoms with E-state index in [1.807, 2.05) is 36.1 Å². The topological polar surface area (TPSA) is 66.8 Å². The van der Waals surface area contributed by atoms with Crippen molar-refractivity contribution < 1.29 is 13.6 Å². The Bertz CT molecular complexity index is 1250. The average molecular weight is 421 g/mol. The molecule has 1 amide bonds. The van der Waals surface area contributed by atoms with E-state index in [0.29, 0.717) is 13.1 Å². The number of hydrogen-bond donors (Lipinski definition) is 1. The first-order chi connectivity index (χ1) is 15.0.